The summed E-state index contributed by atoms with van der Waals surface area (Å²) in [5.74, 6) is 1.13. The highest BCUT2D eigenvalue weighted by atomic mass is 16.5. The number of carbonyl (C=O) groups is 1. The average Bonchev–Trinajstić information content (AvgIpc) is 2.38. The predicted octanol–water partition coefficient (Wildman–Crippen LogP) is 1.45. The summed E-state index contributed by atoms with van der Waals surface area (Å²) in [5, 5.41) is 3.07. The molecule has 0 fully saturated rings. The Bertz CT molecular complexity index is 408. The van der Waals surface area contributed by atoms with Gasteiger partial charge in [0.25, 0.3) is 0 Å². The van der Waals surface area contributed by atoms with E-state index in [1.165, 1.54) is 0 Å². The quantitative estimate of drug-likeness (QED) is 0.709. The second-order valence-corrected chi connectivity index (χ2v) is 4.21. The molecule has 1 aromatic carbocycles. The Balaban J connectivity index is 2.72. The highest BCUT2D eigenvalue weighted by Crippen LogP contribution is 2.25. The molecule has 0 atom stereocenters. The van der Waals surface area contributed by atoms with Crippen molar-refractivity contribution in [2.24, 2.45) is 5.73 Å². The van der Waals surface area contributed by atoms with Crippen LogP contribution in [0.1, 0.15) is 25.3 Å². The van der Waals surface area contributed by atoms with Crippen LogP contribution in [-0.4, -0.2) is 26.2 Å². The van der Waals surface area contributed by atoms with Crippen molar-refractivity contribution in [1.82, 2.24) is 5.32 Å². The van der Waals surface area contributed by atoms with Gasteiger partial charge in [0, 0.05) is 18.2 Å². The Morgan fingerprint density at radius 3 is 2.74 bits per heavy atom. The van der Waals surface area contributed by atoms with Gasteiger partial charge >= 0.3 is 0 Å². The van der Waals surface area contributed by atoms with E-state index in [4.69, 9.17) is 15.2 Å². The first kappa shape index (κ1) is 15.3. The molecule has 106 valence electrons. The lowest BCUT2D eigenvalue weighted by atomic mass is 10.2. The number of hydrogen-bond acceptors (Lipinski definition) is 4. The summed E-state index contributed by atoms with van der Waals surface area (Å²) in [6.07, 6.45) is 1.16. The summed E-state index contributed by atoms with van der Waals surface area (Å²) in [5.41, 5.74) is 6.12. The molecule has 0 aliphatic rings. The SMILES string of the molecule is CCCOc1ccc(CNC)c(OCCC(N)=O)c1. The summed E-state index contributed by atoms with van der Waals surface area (Å²) < 4.78 is 11.2. The molecule has 19 heavy (non-hydrogen) atoms. The van der Waals surface area contributed by atoms with Crippen molar-refractivity contribution in [2.45, 2.75) is 26.3 Å². The minimum atomic E-state index is -0.367. The molecule has 0 aliphatic carbocycles. The lowest BCUT2D eigenvalue weighted by Crippen LogP contribution is -2.15. The lowest BCUT2D eigenvalue weighted by molar-refractivity contribution is -0.118. The fourth-order valence-corrected chi connectivity index (χ4v) is 1.58. The highest BCUT2D eigenvalue weighted by Gasteiger charge is 2.06. The molecule has 0 unspecified atom stereocenters. The van der Waals surface area contributed by atoms with Gasteiger partial charge in [0.15, 0.2) is 0 Å². The Kier molecular flexibility index (Phi) is 6.74. The molecule has 1 aromatic rings. The number of benzene rings is 1. The van der Waals surface area contributed by atoms with Crippen LogP contribution in [0.2, 0.25) is 0 Å². The van der Waals surface area contributed by atoms with Crippen molar-refractivity contribution in [3.05, 3.63) is 23.8 Å². The van der Waals surface area contributed by atoms with Gasteiger partial charge in [0.1, 0.15) is 11.5 Å². The van der Waals surface area contributed by atoms with Crippen LogP contribution >= 0.6 is 0 Å². The van der Waals surface area contributed by atoms with Crippen LogP contribution < -0.4 is 20.5 Å². The molecule has 1 amide bonds. The Morgan fingerprint density at radius 2 is 2.11 bits per heavy atom. The van der Waals surface area contributed by atoms with E-state index in [1.54, 1.807) is 0 Å². The van der Waals surface area contributed by atoms with E-state index >= 15 is 0 Å². The second-order valence-electron chi connectivity index (χ2n) is 4.21. The molecule has 5 nitrogen and oxygen atoms in total. The van der Waals surface area contributed by atoms with Crippen LogP contribution in [0.25, 0.3) is 0 Å². The molecule has 0 radical (unpaired) electrons. The molecule has 3 N–H and O–H groups in total. The topological polar surface area (TPSA) is 73.6 Å². The number of rotatable bonds is 9. The van der Waals surface area contributed by atoms with Crippen molar-refractivity contribution >= 4 is 5.91 Å². The summed E-state index contributed by atoms with van der Waals surface area (Å²) >= 11 is 0. The van der Waals surface area contributed by atoms with E-state index < -0.39 is 0 Å². The fourth-order valence-electron chi connectivity index (χ4n) is 1.58. The van der Waals surface area contributed by atoms with Gasteiger partial charge < -0.3 is 20.5 Å². The molecule has 1 rings (SSSR count). The largest absolute Gasteiger partial charge is 0.493 e. The maximum absolute atomic E-state index is 10.7. The first-order valence-corrected chi connectivity index (χ1v) is 6.48. The van der Waals surface area contributed by atoms with Crippen molar-refractivity contribution < 1.29 is 14.3 Å². The lowest BCUT2D eigenvalue weighted by Gasteiger charge is -2.13. The Labute approximate surface area is 114 Å². The van der Waals surface area contributed by atoms with Gasteiger partial charge in [-0.3, -0.25) is 4.79 Å². The monoisotopic (exact) mass is 266 g/mol. The van der Waals surface area contributed by atoms with Crippen LogP contribution in [0.4, 0.5) is 0 Å². The molecule has 0 saturated carbocycles. The van der Waals surface area contributed by atoms with Gasteiger partial charge in [0.05, 0.1) is 19.6 Å². The van der Waals surface area contributed by atoms with Gasteiger partial charge in [0.2, 0.25) is 5.91 Å². The van der Waals surface area contributed by atoms with Crippen LogP contribution in [-0.2, 0) is 11.3 Å². The summed E-state index contributed by atoms with van der Waals surface area (Å²) in [4.78, 5) is 10.7. The molecule has 5 heteroatoms. The zero-order valence-corrected chi connectivity index (χ0v) is 11.6. The molecular formula is C14H22N2O3. The van der Waals surface area contributed by atoms with E-state index in [-0.39, 0.29) is 18.9 Å². The van der Waals surface area contributed by atoms with Crippen LogP contribution in [0.3, 0.4) is 0 Å². The van der Waals surface area contributed by atoms with Crippen molar-refractivity contribution in [3.8, 4) is 11.5 Å². The number of amides is 1. The summed E-state index contributed by atoms with van der Waals surface area (Å²) in [7, 11) is 1.87. The third-order valence-electron chi connectivity index (χ3n) is 2.48. The number of primary amides is 1. The normalized spacial score (nSPS) is 10.2. The Hall–Kier alpha value is -1.75. The minimum absolute atomic E-state index is 0.207. The first-order valence-electron chi connectivity index (χ1n) is 6.48. The summed E-state index contributed by atoms with van der Waals surface area (Å²) in [6, 6.07) is 5.73. The van der Waals surface area contributed by atoms with Gasteiger partial charge in [-0.05, 0) is 19.5 Å². The maximum atomic E-state index is 10.7. The zero-order valence-electron chi connectivity index (χ0n) is 11.6. The van der Waals surface area contributed by atoms with E-state index in [0.29, 0.717) is 13.2 Å². The third kappa shape index (κ3) is 5.61. The van der Waals surface area contributed by atoms with E-state index in [2.05, 4.69) is 12.2 Å². The standard InChI is InChI=1S/C14H22N2O3/c1-3-7-18-12-5-4-11(10-16-2)13(9-12)19-8-6-14(15)17/h4-5,9,16H,3,6-8,10H2,1-2H3,(H2,15,17). The molecule has 0 aromatic heterocycles. The van der Waals surface area contributed by atoms with E-state index in [9.17, 15) is 4.79 Å². The molecule has 0 spiro atoms. The van der Waals surface area contributed by atoms with Crippen LogP contribution in [0, 0.1) is 0 Å². The number of hydrogen-bond donors (Lipinski definition) is 2. The van der Waals surface area contributed by atoms with E-state index in [0.717, 1.165) is 23.5 Å². The van der Waals surface area contributed by atoms with Gasteiger partial charge in [-0.15, -0.1) is 0 Å². The van der Waals surface area contributed by atoms with Gasteiger partial charge in [-0.1, -0.05) is 13.0 Å². The number of nitrogens with two attached hydrogens (primary N) is 1. The van der Waals surface area contributed by atoms with Gasteiger partial charge in [-0.25, -0.2) is 0 Å². The predicted molar refractivity (Wildman–Crippen MR) is 74.3 cm³/mol. The van der Waals surface area contributed by atoms with Gasteiger partial charge in [-0.2, -0.15) is 0 Å². The van der Waals surface area contributed by atoms with Crippen LogP contribution in [0.5, 0.6) is 11.5 Å². The van der Waals surface area contributed by atoms with Crippen LogP contribution in [0.15, 0.2) is 18.2 Å². The van der Waals surface area contributed by atoms with Crippen molar-refractivity contribution in [3.63, 3.8) is 0 Å². The number of ether oxygens (including phenoxy) is 2. The van der Waals surface area contributed by atoms with Crippen molar-refractivity contribution in [2.75, 3.05) is 20.3 Å². The van der Waals surface area contributed by atoms with Crippen molar-refractivity contribution in [1.29, 1.82) is 0 Å². The number of carbonyl (C=O) groups excluding carboxylic acids is 1. The smallest absolute Gasteiger partial charge is 0.220 e. The molecule has 0 heterocycles. The molecule has 0 bridgehead atoms. The second kappa shape index (κ2) is 8.37. The molecule has 0 aliphatic heterocycles. The summed E-state index contributed by atoms with van der Waals surface area (Å²) in [6.45, 7) is 3.70. The Morgan fingerprint density at radius 1 is 1.32 bits per heavy atom. The first-order chi connectivity index (χ1) is 9.17. The molecular weight excluding hydrogens is 244 g/mol. The highest BCUT2D eigenvalue weighted by molar-refractivity contribution is 5.73. The average molecular weight is 266 g/mol. The van der Waals surface area contributed by atoms with E-state index in [1.807, 2.05) is 25.2 Å². The maximum Gasteiger partial charge on any atom is 0.220 e. The fraction of sp³-hybridized carbons (Fsp3) is 0.500. The molecule has 0 saturated heterocycles. The zero-order chi connectivity index (χ0) is 14.1. The minimum Gasteiger partial charge on any atom is -0.493 e. The third-order valence-corrected chi connectivity index (χ3v) is 2.48. The number of nitrogens with one attached hydrogen (secondary N) is 1.